The van der Waals surface area contributed by atoms with E-state index in [-0.39, 0.29) is 12.6 Å². The van der Waals surface area contributed by atoms with Crippen LogP contribution in [-0.2, 0) is 6.54 Å². The normalized spacial score (nSPS) is 22.2. The van der Waals surface area contributed by atoms with Gasteiger partial charge in [0.1, 0.15) is 11.6 Å². The van der Waals surface area contributed by atoms with Gasteiger partial charge in [0.2, 0.25) is 0 Å². The van der Waals surface area contributed by atoms with Crippen molar-refractivity contribution in [3.63, 3.8) is 0 Å². The largest absolute Gasteiger partial charge is 0.394 e. The van der Waals surface area contributed by atoms with Crippen LogP contribution in [0.1, 0.15) is 32.3 Å². The van der Waals surface area contributed by atoms with Gasteiger partial charge < -0.3 is 15.3 Å². The summed E-state index contributed by atoms with van der Waals surface area (Å²) < 4.78 is 2.66. The monoisotopic (exact) mass is 458 g/mol. The first kappa shape index (κ1) is 20.1. The number of rotatable bonds is 5. The van der Waals surface area contributed by atoms with Crippen LogP contribution in [0.2, 0.25) is 0 Å². The van der Waals surface area contributed by atoms with Crippen molar-refractivity contribution in [1.82, 2.24) is 19.6 Å². The lowest BCUT2D eigenvalue weighted by Crippen LogP contribution is -2.36. The molecule has 3 atom stereocenters. The molecule has 0 bridgehead atoms. The number of nitrogens with zero attached hydrogens (tertiary/aromatic N) is 5. The molecule has 7 nitrogen and oxygen atoms in total. The van der Waals surface area contributed by atoms with Crippen molar-refractivity contribution in [2.75, 3.05) is 23.4 Å². The van der Waals surface area contributed by atoms with E-state index in [9.17, 15) is 5.11 Å². The van der Waals surface area contributed by atoms with Crippen LogP contribution in [0.15, 0.2) is 41.3 Å². The van der Waals surface area contributed by atoms with Crippen LogP contribution in [0.3, 0.4) is 0 Å². The van der Waals surface area contributed by atoms with Crippen LogP contribution in [-0.4, -0.2) is 43.9 Å². The standard InChI is InChI=1S/C18H19BrN6O.C3H8/c19-14-8-22-25-16(21-7-11-2-1-3-20-6-11)5-17(23-18(14)25)24-9-12-4-13(12)15(24)10-26;1-3-2/h1-3,5-6,8,12-13,15,21,26H,4,7,9-10H2;3H2,1-2H3/t12-,13-,15+;/m0./s1. The molecular formula is C21H27BrN6O. The molecular weight excluding hydrogens is 432 g/mol. The lowest BCUT2D eigenvalue weighted by molar-refractivity contribution is 0.255. The van der Waals surface area contributed by atoms with Crippen molar-refractivity contribution in [2.24, 2.45) is 11.8 Å². The zero-order valence-corrected chi connectivity index (χ0v) is 18.4. The van der Waals surface area contributed by atoms with Gasteiger partial charge in [-0.3, -0.25) is 4.98 Å². The van der Waals surface area contributed by atoms with Gasteiger partial charge >= 0.3 is 0 Å². The average molecular weight is 459 g/mol. The number of aromatic nitrogens is 4. The van der Waals surface area contributed by atoms with Crippen LogP contribution in [0.4, 0.5) is 11.6 Å². The lowest BCUT2D eigenvalue weighted by Gasteiger charge is -2.27. The highest BCUT2D eigenvalue weighted by molar-refractivity contribution is 9.10. The Hall–Kier alpha value is -2.19. The Labute approximate surface area is 179 Å². The van der Waals surface area contributed by atoms with Crippen molar-refractivity contribution < 1.29 is 5.11 Å². The van der Waals surface area contributed by atoms with Gasteiger partial charge in [0.15, 0.2) is 5.65 Å². The van der Waals surface area contributed by atoms with Gasteiger partial charge in [-0.05, 0) is 45.8 Å². The molecule has 2 fully saturated rings. The fraction of sp³-hybridized carbons (Fsp3) is 0.476. The third-order valence-electron chi connectivity index (χ3n) is 5.40. The summed E-state index contributed by atoms with van der Waals surface area (Å²) in [5.41, 5.74) is 1.87. The van der Waals surface area contributed by atoms with Gasteiger partial charge in [0.05, 0.1) is 23.3 Å². The molecule has 1 aliphatic carbocycles. The Morgan fingerprint density at radius 3 is 2.86 bits per heavy atom. The summed E-state index contributed by atoms with van der Waals surface area (Å²) in [5.74, 6) is 3.07. The number of aliphatic hydroxyl groups is 1. The maximum Gasteiger partial charge on any atom is 0.173 e. The maximum absolute atomic E-state index is 9.83. The van der Waals surface area contributed by atoms with Crippen LogP contribution >= 0.6 is 15.9 Å². The maximum atomic E-state index is 9.83. The van der Waals surface area contributed by atoms with Crippen molar-refractivity contribution in [3.05, 3.63) is 46.8 Å². The highest BCUT2D eigenvalue weighted by Gasteiger charge is 2.52. The van der Waals surface area contributed by atoms with Crippen LogP contribution in [0, 0.1) is 11.8 Å². The van der Waals surface area contributed by atoms with E-state index in [0.29, 0.717) is 18.4 Å². The zero-order chi connectivity index (χ0) is 20.4. The highest BCUT2D eigenvalue weighted by atomic mass is 79.9. The molecule has 4 heterocycles. The molecule has 0 unspecified atom stereocenters. The molecule has 2 aliphatic rings. The molecule has 5 rings (SSSR count). The Morgan fingerprint density at radius 1 is 1.31 bits per heavy atom. The second kappa shape index (κ2) is 8.67. The summed E-state index contributed by atoms with van der Waals surface area (Å²) in [6, 6.07) is 6.16. The van der Waals surface area contributed by atoms with E-state index in [2.05, 4.69) is 50.1 Å². The number of pyridine rings is 1. The first-order chi connectivity index (χ1) is 14.2. The Bertz CT molecular complexity index is 962. The van der Waals surface area contributed by atoms with Crippen LogP contribution in [0.25, 0.3) is 5.65 Å². The molecule has 3 aromatic rings. The summed E-state index contributed by atoms with van der Waals surface area (Å²) in [7, 11) is 0. The number of nitrogens with one attached hydrogen (secondary N) is 1. The quantitative estimate of drug-likeness (QED) is 0.606. The Kier molecular flexibility index (Phi) is 6.01. The number of piperidine rings is 1. The first-order valence-corrected chi connectivity index (χ1v) is 11.0. The van der Waals surface area contributed by atoms with E-state index in [4.69, 9.17) is 4.98 Å². The number of fused-ring (bicyclic) bond motifs is 2. The minimum absolute atomic E-state index is 0.169. The van der Waals surface area contributed by atoms with Gasteiger partial charge in [-0.2, -0.15) is 9.61 Å². The fourth-order valence-corrected chi connectivity index (χ4v) is 4.31. The molecule has 1 saturated heterocycles. The molecule has 0 radical (unpaired) electrons. The second-order valence-electron chi connectivity index (χ2n) is 7.71. The molecule has 2 N–H and O–H groups in total. The van der Waals surface area contributed by atoms with Crippen LogP contribution in [0.5, 0.6) is 0 Å². The molecule has 0 amide bonds. The van der Waals surface area contributed by atoms with E-state index in [0.717, 1.165) is 33.9 Å². The van der Waals surface area contributed by atoms with E-state index >= 15 is 0 Å². The van der Waals surface area contributed by atoms with Crippen molar-refractivity contribution in [2.45, 2.75) is 39.3 Å². The summed E-state index contributed by atoms with van der Waals surface area (Å²) in [6.07, 6.45) is 7.85. The van der Waals surface area contributed by atoms with Gasteiger partial charge in [0, 0.05) is 31.5 Å². The molecule has 3 aromatic heterocycles. The minimum atomic E-state index is 0.169. The van der Waals surface area contributed by atoms with Gasteiger partial charge in [0.25, 0.3) is 0 Å². The highest BCUT2D eigenvalue weighted by Crippen LogP contribution is 2.50. The molecule has 154 valence electrons. The number of aliphatic hydroxyl groups excluding tert-OH is 1. The van der Waals surface area contributed by atoms with Gasteiger partial charge in [-0.15, -0.1) is 0 Å². The van der Waals surface area contributed by atoms with Crippen molar-refractivity contribution >= 4 is 33.2 Å². The summed E-state index contributed by atoms with van der Waals surface area (Å²) in [6.45, 7) is 6.04. The average Bonchev–Trinajstić information content (AvgIpc) is 3.26. The fourth-order valence-electron chi connectivity index (χ4n) is 3.96. The lowest BCUT2D eigenvalue weighted by atomic mass is 10.2. The first-order valence-electron chi connectivity index (χ1n) is 10.2. The number of halogens is 1. The Morgan fingerprint density at radius 2 is 2.14 bits per heavy atom. The van der Waals surface area contributed by atoms with E-state index in [1.54, 1.807) is 16.9 Å². The number of anilines is 2. The minimum Gasteiger partial charge on any atom is -0.394 e. The zero-order valence-electron chi connectivity index (χ0n) is 16.8. The summed E-state index contributed by atoms with van der Waals surface area (Å²) in [5, 5.41) is 17.7. The molecule has 0 aromatic carbocycles. The van der Waals surface area contributed by atoms with Crippen molar-refractivity contribution in [1.29, 1.82) is 0 Å². The van der Waals surface area contributed by atoms with Crippen molar-refractivity contribution in [3.8, 4) is 0 Å². The third kappa shape index (κ3) is 4.09. The van der Waals surface area contributed by atoms with Crippen LogP contribution < -0.4 is 10.2 Å². The predicted molar refractivity (Wildman–Crippen MR) is 118 cm³/mol. The molecule has 8 heteroatoms. The van der Waals surface area contributed by atoms with E-state index in [1.807, 2.05) is 24.4 Å². The van der Waals surface area contributed by atoms with E-state index in [1.165, 1.54) is 12.8 Å². The predicted octanol–water partition coefficient (Wildman–Crippen LogP) is 3.73. The Balaban J connectivity index is 0.000000645. The summed E-state index contributed by atoms with van der Waals surface area (Å²) in [4.78, 5) is 11.2. The smallest absolute Gasteiger partial charge is 0.173 e. The third-order valence-corrected chi connectivity index (χ3v) is 5.96. The molecule has 1 saturated carbocycles. The molecule has 29 heavy (non-hydrogen) atoms. The second-order valence-corrected chi connectivity index (χ2v) is 8.57. The topological polar surface area (TPSA) is 78.6 Å². The summed E-state index contributed by atoms with van der Waals surface area (Å²) >= 11 is 3.54. The molecule has 0 spiro atoms. The van der Waals surface area contributed by atoms with Gasteiger partial charge in [-0.1, -0.05) is 26.3 Å². The van der Waals surface area contributed by atoms with E-state index < -0.39 is 0 Å². The SMILES string of the molecule is CCC.OC[C@@H]1[C@H]2C[C@H]2CN1c1cc(NCc2cccnc2)n2ncc(Br)c2n1. The number of hydrogen-bond donors (Lipinski definition) is 2. The van der Waals surface area contributed by atoms with Gasteiger partial charge in [-0.25, -0.2) is 4.98 Å². The molecule has 1 aliphatic heterocycles. The number of hydrogen-bond acceptors (Lipinski definition) is 6.